The van der Waals surface area contributed by atoms with Crippen molar-refractivity contribution in [2.75, 3.05) is 0 Å². The molecule has 10 heteroatoms. The third-order valence-electron chi connectivity index (χ3n) is 11.7. The molecule has 3 aromatic rings. The van der Waals surface area contributed by atoms with E-state index >= 15 is 0 Å². The lowest BCUT2D eigenvalue weighted by Gasteiger charge is -2.32. The number of ether oxygens (including phenoxy) is 2. The molecular weight excluding hydrogens is 837 g/mol. The van der Waals surface area contributed by atoms with Crippen LogP contribution in [0.15, 0.2) is 36.4 Å². The van der Waals surface area contributed by atoms with Crippen molar-refractivity contribution in [2.45, 2.75) is 220 Å². The van der Waals surface area contributed by atoms with Crippen molar-refractivity contribution >= 4 is 29.1 Å². The fraction of sp³-hybridized carbons (Fsp3) is 0.618. The number of benzene rings is 3. The van der Waals surface area contributed by atoms with E-state index < -0.39 is 40.0 Å². The molecular formula is C55H84O9S. The molecule has 0 amide bonds. The molecule has 0 radical (unpaired) electrons. The zero-order chi connectivity index (χ0) is 50.0. The number of carbonyl (C=O) groups is 3. The Balaban J connectivity index is 1.90. The Bertz CT molecular complexity index is 1970. The second kappa shape index (κ2) is 20.4. The summed E-state index contributed by atoms with van der Waals surface area (Å²) in [6, 6.07) is 11.7. The van der Waals surface area contributed by atoms with Crippen molar-refractivity contribution in [2.24, 2.45) is 0 Å². The van der Waals surface area contributed by atoms with Gasteiger partial charge in [-0.1, -0.05) is 161 Å². The zero-order valence-corrected chi connectivity index (χ0v) is 44.5. The van der Waals surface area contributed by atoms with Crippen LogP contribution in [0.25, 0.3) is 0 Å². The molecule has 0 saturated heterocycles. The van der Waals surface area contributed by atoms with Crippen LogP contribution in [-0.4, -0.2) is 44.1 Å². The topological polar surface area (TPSA) is 140 Å². The van der Waals surface area contributed by atoms with Crippen LogP contribution in [0.2, 0.25) is 0 Å². The lowest BCUT2D eigenvalue weighted by atomic mass is 9.78. The Morgan fingerprint density at radius 3 is 0.815 bits per heavy atom. The second-order valence-corrected chi connectivity index (χ2v) is 26.5. The van der Waals surface area contributed by atoms with Gasteiger partial charge in [-0.05, 0) is 127 Å². The molecule has 0 aliphatic carbocycles. The molecule has 9 nitrogen and oxygen atoms in total. The molecule has 0 aromatic heterocycles. The van der Waals surface area contributed by atoms with Gasteiger partial charge in [0.05, 0.1) is 6.42 Å². The molecule has 3 rings (SSSR count). The average molecular weight is 921 g/mol. The summed E-state index contributed by atoms with van der Waals surface area (Å²) in [6.07, 6.45) is 1.17. The van der Waals surface area contributed by atoms with E-state index in [4.69, 9.17) is 13.7 Å². The van der Waals surface area contributed by atoms with Crippen molar-refractivity contribution in [3.05, 3.63) is 86.5 Å². The summed E-state index contributed by atoms with van der Waals surface area (Å²) in [5.74, 6) is -0.715. The monoisotopic (exact) mass is 921 g/mol. The van der Waals surface area contributed by atoms with Gasteiger partial charge < -0.3 is 29.0 Å². The zero-order valence-electron chi connectivity index (χ0n) is 43.6. The van der Waals surface area contributed by atoms with Crippen molar-refractivity contribution in [3.8, 4) is 17.2 Å². The maximum atomic E-state index is 13.8. The predicted octanol–water partition coefficient (Wildman–Crippen LogP) is 13.0. The number of phenols is 3. The first-order valence-electron chi connectivity index (χ1n) is 23.3. The summed E-state index contributed by atoms with van der Waals surface area (Å²) in [5, 5.41) is 33.7. The molecule has 0 bridgehead atoms. The molecule has 0 spiro atoms. The van der Waals surface area contributed by atoms with Crippen LogP contribution in [-0.2, 0) is 79.8 Å². The first-order valence-corrected chi connectivity index (χ1v) is 24.7. The van der Waals surface area contributed by atoms with Gasteiger partial charge in [0.15, 0.2) is 10.9 Å². The fourth-order valence-electron chi connectivity index (χ4n) is 7.89. The summed E-state index contributed by atoms with van der Waals surface area (Å²) in [4.78, 5) is 41.0. The molecule has 3 aromatic carbocycles. The number of esters is 2. The fourth-order valence-corrected chi connectivity index (χ4v) is 9.55. The highest BCUT2D eigenvalue weighted by Gasteiger charge is 2.32. The third-order valence-corrected chi connectivity index (χ3v) is 13.8. The normalized spacial score (nSPS) is 14.7. The van der Waals surface area contributed by atoms with Crippen LogP contribution in [0.1, 0.15) is 208 Å². The van der Waals surface area contributed by atoms with E-state index in [-0.39, 0.29) is 69.0 Å². The smallest absolute Gasteiger partial charge is 0.316 e. The maximum Gasteiger partial charge on any atom is 0.316 e. The number of rotatable bonds is 14. The van der Waals surface area contributed by atoms with Gasteiger partial charge in [0, 0.05) is 12.8 Å². The van der Waals surface area contributed by atoms with Crippen molar-refractivity contribution in [1.82, 2.24) is 0 Å². The van der Waals surface area contributed by atoms with Crippen LogP contribution in [0.5, 0.6) is 17.2 Å². The number of hydrogen-bond donors (Lipinski definition) is 4. The molecule has 2 atom stereocenters. The van der Waals surface area contributed by atoms with E-state index in [1.165, 1.54) is 0 Å². The quantitative estimate of drug-likeness (QED) is 0.0707. The van der Waals surface area contributed by atoms with Crippen molar-refractivity contribution in [1.29, 1.82) is 0 Å². The summed E-state index contributed by atoms with van der Waals surface area (Å²) in [7, 11) is 0. The maximum absolute atomic E-state index is 13.8. The van der Waals surface area contributed by atoms with Crippen LogP contribution in [0.4, 0.5) is 0 Å². The molecule has 2 unspecified atom stereocenters. The van der Waals surface area contributed by atoms with Gasteiger partial charge in [-0.15, -0.1) is 0 Å². The molecule has 0 fully saturated rings. The number of thiol groups is 1. The van der Waals surface area contributed by atoms with Gasteiger partial charge in [-0.3, -0.25) is 14.4 Å². The van der Waals surface area contributed by atoms with E-state index in [0.29, 0.717) is 19.3 Å². The lowest BCUT2D eigenvalue weighted by molar-refractivity contribution is -0.146. The summed E-state index contributed by atoms with van der Waals surface area (Å²) in [6.45, 7) is 40.1. The molecule has 65 heavy (non-hydrogen) atoms. The number of aryl methyl sites for hydroxylation is 3. The summed E-state index contributed by atoms with van der Waals surface area (Å²) >= 11 is -1.99. The van der Waals surface area contributed by atoms with E-state index in [2.05, 4.69) is 0 Å². The standard InChI is InChI=1S/C55H84O9S/c1-33(62-44(56)24-21-35-27-38(50(3,4)5)47(59)39(28-35)51(6,7)8)65(64-46(58)26-23-37-31-42(54(15,16)17)49(61)43(32-37)55(18,19)20)34(2)63-45(57)25-22-36-29-40(52(9,10)11)48(60)41(30-36)53(12,13)14/h27-34,59-61,65H,21-26H2,1-20H3. The van der Waals surface area contributed by atoms with Gasteiger partial charge in [0.1, 0.15) is 17.2 Å². The lowest BCUT2D eigenvalue weighted by Crippen LogP contribution is -2.27. The Labute approximate surface area is 395 Å². The molecule has 0 heterocycles. The highest BCUT2D eigenvalue weighted by molar-refractivity contribution is 8.14. The number of aromatic hydroxyl groups is 3. The molecule has 0 aliphatic heterocycles. The first-order chi connectivity index (χ1) is 29.3. The number of phenolic OH excluding ortho intramolecular Hbond substituents is 3. The van der Waals surface area contributed by atoms with E-state index in [1.807, 2.05) is 161 Å². The highest BCUT2D eigenvalue weighted by atomic mass is 32.2. The molecule has 364 valence electrons. The van der Waals surface area contributed by atoms with Gasteiger partial charge in [0.2, 0.25) is 0 Å². The van der Waals surface area contributed by atoms with Gasteiger partial charge >= 0.3 is 17.9 Å². The van der Waals surface area contributed by atoms with E-state index in [9.17, 15) is 29.7 Å². The molecule has 0 saturated carbocycles. The minimum Gasteiger partial charge on any atom is -0.507 e. The third kappa shape index (κ3) is 15.2. The number of hydrogen-bond acceptors (Lipinski definition) is 9. The van der Waals surface area contributed by atoms with E-state index in [1.54, 1.807) is 13.8 Å². The average Bonchev–Trinajstić information content (AvgIpc) is 3.12. The predicted molar refractivity (Wildman–Crippen MR) is 268 cm³/mol. The van der Waals surface area contributed by atoms with E-state index in [0.717, 1.165) is 50.1 Å². The Hall–Kier alpha value is -4.18. The Kier molecular flexibility index (Phi) is 17.3. The van der Waals surface area contributed by atoms with Gasteiger partial charge in [-0.2, -0.15) is 0 Å². The summed E-state index contributed by atoms with van der Waals surface area (Å²) < 4.78 is 18.1. The first kappa shape index (κ1) is 55.1. The molecule has 3 N–H and O–H groups in total. The minimum atomic E-state index is -1.99. The second-order valence-electron chi connectivity index (χ2n) is 24.1. The Morgan fingerprint density at radius 1 is 0.415 bits per heavy atom. The van der Waals surface area contributed by atoms with Crippen LogP contribution >= 0.6 is 11.2 Å². The largest absolute Gasteiger partial charge is 0.507 e. The van der Waals surface area contributed by atoms with Gasteiger partial charge in [-0.25, -0.2) is 0 Å². The van der Waals surface area contributed by atoms with Crippen LogP contribution < -0.4 is 0 Å². The van der Waals surface area contributed by atoms with Crippen LogP contribution in [0.3, 0.4) is 0 Å². The van der Waals surface area contributed by atoms with Crippen LogP contribution in [0, 0.1) is 0 Å². The van der Waals surface area contributed by atoms with Gasteiger partial charge in [0.25, 0.3) is 0 Å². The van der Waals surface area contributed by atoms with Crippen molar-refractivity contribution in [3.63, 3.8) is 0 Å². The SMILES string of the molecule is CC(OC(=O)CCc1cc(C(C)(C)C)c(O)c(C(C)(C)C)c1)[SH](OC(=O)CCc1cc(C(C)(C)C)c(O)c(C(C)(C)C)c1)C(C)OC(=O)CCc1cc(C(C)(C)C)c(O)c(C(C)(C)C)c1. The van der Waals surface area contributed by atoms with Crippen molar-refractivity contribution < 1.29 is 43.4 Å². The molecule has 0 aliphatic rings. The highest BCUT2D eigenvalue weighted by Crippen LogP contribution is 2.44. The number of carbonyl (C=O) groups excluding carboxylic acids is 3. The Morgan fingerprint density at radius 2 is 0.615 bits per heavy atom. The minimum absolute atomic E-state index is 0.0122. The summed E-state index contributed by atoms with van der Waals surface area (Å²) in [5.41, 5.74) is 3.67.